The number of nitrogens with zero attached hydrogens (tertiary/aromatic N) is 9. The first-order valence-electron chi connectivity index (χ1n) is 22.4. The Labute approximate surface area is 357 Å². The van der Waals surface area contributed by atoms with Gasteiger partial charge < -0.3 is 15.6 Å². The maximum absolute atomic E-state index is 12.8. The van der Waals surface area contributed by atoms with Crippen molar-refractivity contribution in [3.05, 3.63) is 77.1 Å². The highest BCUT2D eigenvalue weighted by molar-refractivity contribution is 5.88. The molecule has 0 spiro atoms. The van der Waals surface area contributed by atoms with Gasteiger partial charge in [0.2, 0.25) is 0 Å². The molecule has 61 heavy (non-hydrogen) atoms. The van der Waals surface area contributed by atoms with Crippen LogP contribution in [-0.2, 0) is 0 Å². The van der Waals surface area contributed by atoms with Gasteiger partial charge in [0.15, 0.2) is 0 Å². The number of hydrogen-bond donors (Lipinski definition) is 2. The lowest BCUT2D eigenvalue weighted by atomic mass is 9.98. The van der Waals surface area contributed by atoms with Crippen LogP contribution >= 0.6 is 0 Å². The molecule has 0 amide bonds. The minimum absolute atomic E-state index is 0.129. The average Bonchev–Trinajstić information content (AvgIpc) is 4.18. The van der Waals surface area contributed by atoms with Crippen LogP contribution in [-0.4, -0.2) is 93.0 Å². The lowest BCUT2D eigenvalue weighted by Gasteiger charge is -2.32. The molecule has 2 aromatic heterocycles. The largest absolute Gasteiger partial charge is 0.371 e. The highest BCUT2D eigenvalue weighted by atomic mass is 16.2. The van der Waals surface area contributed by atoms with E-state index in [0.29, 0.717) is 47.5 Å². The average molecular weight is 834 g/mol. The number of nitrogens with two attached hydrogens (primary N) is 1. The van der Waals surface area contributed by atoms with Crippen molar-refractivity contribution in [1.29, 1.82) is 10.5 Å². The van der Waals surface area contributed by atoms with E-state index in [9.17, 15) is 19.2 Å². The molecule has 2 aromatic carbocycles. The number of nitrogens with one attached hydrogen (secondary N) is 1. The summed E-state index contributed by atoms with van der Waals surface area (Å²) < 4.78 is 4.27. The summed E-state index contributed by atoms with van der Waals surface area (Å²) in [5.74, 6) is 6.83. The van der Waals surface area contributed by atoms with Crippen LogP contribution in [0.4, 0.5) is 11.4 Å². The van der Waals surface area contributed by atoms with Crippen molar-refractivity contribution in [1.82, 2.24) is 28.6 Å². The molecule has 2 aliphatic carbocycles. The quantitative estimate of drug-likeness (QED) is 0.167. The Bertz CT molecular complexity index is 2590. The Morgan fingerprint density at radius 2 is 1.18 bits per heavy atom. The first-order chi connectivity index (χ1) is 29.3. The molecule has 4 fully saturated rings. The molecular weight excluding hydrogens is 771 g/mol. The maximum Gasteiger partial charge on any atom is 0.350 e. The van der Waals surface area contributed by atoms with Gasteiger partial charge in [0.05, 0.1) is 33.9 Å². The van der Waals surface area contributed by atoms with Crippen LogP contribution in [0.1, 0.15) is 102 Å². The molecule has 4 aliphatic rings. The number of benzene rings is 2. The van der Waals surface area contributed by atoms with Crippen molar-refractivity contribution in [3.63, 3.8) is 0 Å². The molecule has 0 bridgehead atoms. The highest BCUT2D eigenvalue weighted by Gasteiger charge is 2.35. The van der Waals surface area contributed by atoms with E-state index >= 15 is 0 Å². The van der Waals surface area contributed by atoms with Gasteiger partial charge in [-0.05, 0) is 127 Å². The Hall–Kier alpha value is -5.38. The Morgan fingerprint density at radius 1 is 0.721 bits per heavy atom. The topological polar surface area (TPSA) is 185 Å². The van der Waals surface area contributed by atoms with E-state index in [4.69, 9.17) is 16.4 Å². The minimum Gasteiger partial charge on any atom is -0.371 e. The summed E-state index contributed by atoms with van der Waals surface area (Å²) in [6.45, 7) is 20.2. The number of hydrogen-bond acceptors (Lipinski definition) is 11. The molecule has 0 radical (unpaired) electrons. The number of rotatable bonds is 14. The number of aromatic nitrogens is 4. The van der Waals surface area contributed by atoms with E-state index in [-0.39, 0.29) is 23.3 Å². The molecular formula is C46H63N11O4. The summed E-state index contributed by atoms with van der Waals surface area (Å²) in [6.07, 6.45) is 7.16. The smallest absolute Gasteiger partial charge is 0.350 e. The van der Waals surface area contributed by atoms with Gasteiger partial charge in [-0.1, -0.05) is 13.8 Å². The van der Waals surface area contributed by atoms with E-state index in [1.807, 2.05) is 38.1 Å². The number of fused-ring (bicyclic) bond motifs is 2. The number of aryl methyl sites for hydroxylation is 2. The van der Waals surface area contributed by atoms with E-state index in [0.717, 1.165) is 129 Å². The lowest BCUT2D eigenvalue weighted by molar-refractivity contribution is 0.173. The maximum atomic E-state index is 12.8. The van der Waals surface area contributed by atoms with Crippen LogP contribution in [0.15, 0.2) is 43.4 Å². The van der Waals surface area contributed by atoms with Crippen molar-refractivity contribution in [3.8, 4) is 12.1 Å². The fourth-order valence-electron chi connectivity index (χ4n) is 10.2. The van der Waals surface area contributed by atoms with Gasteiger partial charge in [-0.2, -0.15) is 15.2 Å². The summed E-state index contributed by atoms with van der Waals surface area (Å²) in [4.78, 5) is 62.4. The van der Waals surface area contributed by atoms with Crippen molar-refractivity contribution >= 4 is 33.2 Å². The van der Waals surface area contributed by atoms with Crippen LogP contribution in [0.2, 0.25) is 0 Å². The third kappa shape index (κ3) is 8.60. The minimum atomic E-state index is -0.435. The second-order valence-corrected chi connectivity index (χ2v) is 17.7. The summed E-state index contributed by atoms with van der Waals surface area (Å²) >= 11 is 0. The van der Waals surface area contributed by atoms with E-state index in [1.165, 1.54) is 0 Å². The van der Waals surface area contributed by atoms with Crippen LogP contribution in [0.5, 0.6) is 0 Å². The summed E-state index contributed by atoms with van der Waals surface area (Å²) in [7, 11) is 0. The molecule has 326 valence electrons. The van der Waals surface area contributed by atoms with Gasteiger partial charge in [-0.3, -0.25) is 33.5 Å². The van der Waals surface area contributed by atoms with Gasteiger partial charge in [-0.25, -0.2) is 9.59 Å². The summed E-state index contributed by atoms with van der Waals surface area (Å²) in [5.41, 5.74) is 4.28. The second-order valence-electron chi connectivity index (χ2n) is 17.7. The molecule has 15 heteroatoms. The molecule has 2 saturated heterocycles. The fraction of sp³-hybridized carbons (Fsp3) is 0.609. The molecule has 4 aromatic rings. The van der Waals surface area contributed by atoms with E-state index in [1.54, 1.807) is 9.13 Å². The molecule has 2 saturated carbocycles. The van der Waals surface area contributed by atoms with E-state index in [2.05, 4.69) is 64.4 Å². The number of H-pyrrole nitrogens is 1. The van der Waals surface area contributed by atoms with Gasteiger partial charge in [0, 0.05) is 87.7 Å². The lowest BCUT2D eigenvalue weighted by Crippen LogP contribution is -2.44. The van der Waals surface area contributed by atoms with Crippen LogP contribution in [0.3, 0.4) is 0 Å². The molecule has 4 heterocycles. The Morgan fingerprint density at radius 3 is 1.64 bits per heavy atom. The van der Waals surface area contributed by atoms with Crippen LogP contribution in [0, 0.1) is 48.3 Å². The van der Waals surface area contributed by atoms with E-state index < -0.39 is 11.2 Å². The van der Waals surface area contributed by atoms with Gasteiger partial charge in [0.25, 0.3) is 11.1 Å². The normalized spacial score (nSPS) is 20.0. The molecule has 2 aliphatic heterocycles. The fourth-order valence-corrected chi connectivity index (χ4v) is 10.2. The zero-order valence-electron chi connectivity index (χ0n) is 36.8. The zero-order valence-corrected chi connectivity index (χ0v) is 36.8. The summed E-state index contributed by atoms with van der Waals surface area (Å²) in [6, 6.07) is 13.4. The Balaban J connectivity index is 0.000000184. The summed E-state index contributed by atoms with van der Waals surface area (Å²) in [5, 5.41) is 19.0. The molecule has 4 atom stereocenters. The zero-order chi connectivity index (χ0) is 43.7. The van der Waals surface area contributed by atoms with Gasteiger partial charge in [-0.15, -0.1) is 0 Å². The van der Waals surface area contributed by atoms with Crippen LogP contribution < -0.4 is 38.1 Å². The second kappa shape index (κ2) is 18.3. The van der Waals surface area contributed by atoms with Crippen molar-refractivity contribution < 1.29 is 0 Å². The first kappa shape index (κ1) is 43.7. The number of nitrogen functional groups attached to an aromatic ring is 1. The standard InChI is InChI=1S/C23H32N6O2.C23H31N5O2/c1-4-26(12-5-11-24)16(3)17-10-13-27(14-17)20-9-8-19-21(15(20)2)28(18-6-7-18)23(31)29(25)22(19)30;1-4-26(12-5-11-24)16(3)17-10-13-27(14-17)20-9-8-19-21(15(20)2)28(18-6-7-18)23(30)25-22(19)29/h8-9,16-18H,4-7,10,12-14,25H2,1-3H3;8-9,16-18H,4-7,10,12-14H2,1-3H3,(H,25,29,30). The molecule has 8 rings (SSSR count). The third-order valence-corrected chi connectivity index (χ3v) is 14.1. The number of anilines is 2. The predicted molar refractivity (Wildman–Crippen MR) is 242 cm³/mol. The molecule has 4 unspecified atom stereocenters. The SMILES string of the molecule is CCN(CCC#N)C(C)C1CCN(c2ccc3c(=O)[nH]c(=O)n(C4CC4)c3c2C)C1.CCN(CCC#N)C(C)C1CCN(c2ccc3c(=O)n(N)c(=O)n(C4CC4)c3c2C)C1. The first-order valence-corrected chi connectivity index (χ1v) is 22.4. The number of aromatic amines is 1. The van der Waals surface area contributed by atoms with Gasteiger partial charge in [0.1, 0.15) is 0 Å². The van der Waals surface area contributed by atoms with Crippen LogP contribution in [0.25, 0.3) is 21.8 Å². The van der Waals surface area contributed by atoms with Gasteiger partial charge >= 0.3 is 11.4 Å². The highest BCUT2D eigenvalue weighted by Crippen LogP contribution is 2.40. The third-order valence-electron chi connectivity index (χ3n) is 14.1. The number of nitriles is 2. The monoisotopic (exact) mass is 834 g/mol. The van der Waals surface area contributed by atoms with Crippen molar-refractivity contribution in [2.75, 3.05) is 68.0 Å². The molecule has 15 nitrogen and oxygen atoms in total. The Kier molecular flexibility index (Phi) is 13.1. The van der Waals surface area contributed by atoms with Crippen molar-refractivity contribution in [2.45, 2.75) is 117 Å². The molecule has 3 N–H and O–H groups in total. The predicted octanol–water partition coefficient (Wildman–Crippen LogP) is 4.75. The van der Waals surface area contributed by atoms with Crippen molar-refractivity contribution in [2.24, 2.45) is 11.8 Å².